The molecule has 1 aromatic carbocycles. The molecule has 0 fully saturated rings. The first-order chi connectivity index (χ1) is 9.21. The smallest absolute Gasteiger partial charge is 0.335 e. The van der Waals surface area contributed by atoms with Crippen LogP contribution in [0.5, 0.6) is 0 Å². The lowest BCUT2D eigenvalue weighted by Crippen LogP contribution is -2.35. The van der Waals surface area contributed by atoms with Crippen LogP contribution >= 0.6 is 0 Å². The highest BCUT2D eigenvalue weighted by atomic mass is 32.2. The third kappa shape index (κ3) is 3.34. The molecule has 1 rings (SSSR count). The van der Waals surface area contributed by atoms with E-state index in [1.54, 1.807) is 6.92 Å². The molecule has 5 nitrogen and oxygen atoms in total. The molecule has 0 aliphatic rings. The van der Waals surface area contributed by atoms with Crippen molar-refractivity contribution in [1.29, 1.82) is 0 Å². The molecular formula is C13H18FNO4S. The number of sulfonamides is 1. The first-order valence-corrected chi connectivity index (χ1v) is 7.66. The first kappa shape index (κ1) is 16.6. The summed E-state index contributed by atoms with van der Waals surface area (Å²) in [6.45, 7) is 3.64. The van der Waals surface area contributed by atoms with Gasteiger partial charge in [-0.1, -0.05) is 13.3 Å². The van der Waals surface area contributed by atoms with Crippen molar-refractivity contribution >= 4 is 16.0 Å². The number of hydrogen-bond donors (Lipinski definition) is 1. The number of rotatable bonds is 6. The summed E-state index contributed by atoms with van der Waals surface area (Å²) in [7, 11) is -2.69. The molecule has 1 unspecified atom stereocenters. The number of aromatic carboxylic acids is 1. The van der Waals surface area contributed by atoms with Gasteiger partial charge in [-0.15, -0.1) is 0 Å². The predicted octanol–water partition coefficient (Wildman–Crippen LogP) is 2.33. The molecule has 20 heavy (non-hydrogen) atoms. The second-order valence-electron chi connectivity index (χ2n) is 4.61. The Morgan fingerprint density at radius 1 is 1.45 bits per heavy atom. The average molecular weight is 303 g/mol. The Morgan fingerprint density at radius 2 is 2.05 bits per heavy atom. The molecule has 0 spiro atoms. The molecule has 1 aromatic rings. The molecule has 112 valence electrons. The Morgan fingerprint density at radius 3 is 2.55 bits per heavy atom. The molecule has 0 aliphatic heterocycles. The van der Waals surface area contributed by atoms with Gasteiger partial charge in [0.15, 0.2) is 0 Å². The maximum Gasteiger partial charge on any atom is 0.335 e. The summed E-state index contributed by atoms with van der Waals surface area (Å²) in [5.41, 5.74) is -0.262. The Balaban J connectivity index is 3.27. The van der Waals surface area contributed by atoms with Crippen LogP contribution in [0.15, 0.2) is 23.1 Å². The van der Waals surface area contributed by atoms with E-state index in [2.05, 4.69) is 0 Å². The van der Waals surface area contributed by atoms with Crippen LogP contribution in [-0.4, -0.2) is 36.9 Å². The molecule has 0 amide bonds. The van der Waals surface area contributed by atoms with Gasteiger partial charge in [0, 0.05) is 13.1 Å². The molecule has 7 heteroatoms. The number of halogens is 1. The fourth-order valence-corrected chi connectivity index (χ4v) is 3.31. The Bertz CT molecular complexity index is 600. The largest absolute Gasteiger partial charge is 0.478 e. The zero-order valence-electron chi connectivity index (χ0n) is 11.6. The van der Waals surface area contributed by atoms with Gasteiger partial charge < -0.3 is 5.11 Å². The maximum atomic E-state index is 13.7. The van der Waals surface area contributed by atoms with Crippen LogP contribution in [-0.2, 0) is 10.0 Å². The van der Waals surface area contributed by atoms with Crippen molar-refractivity contribution in [3.63, 3.8) is 0 Å². The van der Waals surface area contributed by atoms with Gasteiger partial charge in [-0.05, 0) is 31.5 Å². The molecule has 1 atom stereocenters. The standard InChI is InChI=1S/C13H18FNO4S/c1-4-5-9(2)15(3)20(18,19)12-8-10(13(16)17)6-7-11(12)14/h6-9H,4-5H2,1-3H3,(H,16,17). The van der Waals surface area contributed by atoms with Crippen molar-refractivity contribution in [2.24, 2.45) is 0 Å². The molecule has 0 bridgehead atoms. The van der Waals surface area contributed by atoms with Gasteiger partial charge in [0.1, 0.15) is 10.7 Å². The molecule has 0 radical (unpaired) electrons. The quantitative estimate of drug-likeness (QED) is 0.875. The fraction of sp³-hybridized carbons (Fsp3) is 0.462. The van der Waals surface area contributed by atoms with E-state index in [9.17, 15) is 17.6 Å². The van der Waals surface area contributed by atoms with Crippen molar-refractivity contribution < 1.29 is 22.7 Å². The second-order valence-corrected chi connectivity index (χ2v) is 6.58. The Labute approximate surface area is 118 Å². The van der Waals surface area contributed by atoms with Gasteiger partial charge in [0.25, 0.3) is 0 Å². The van der Waals surface area contributed by atoms with Gasteiger partial charge in [-0.2, -0.15) is 4.31 Å². The molecule has 0 saturated carbocycles. The molecule has 0 saturated heterocycles. The minimum atomic E-state index is -4.05. The third-order valence-corrected chi connectivity index (χ3v) is 5.15. The molecule has 0 aliphatic carbocycles. The highest BCUT2D eigenvalue weighted by Gasteiger charge is 2.28. The first-order valence-electron chi connectivity index (χ1n) is 6.22. The highest BCUT2D eigenvalue weighted by Crippen LogP contribution is 2.22. The van der Waals surface area contributed by atoms with Crippen LogP contribution in [0.3, 0.4) is 0 Å². The lowest BCUT2D eigenvalue weighted by molar-refractivity contribution is 0.0696. The predicted molar refractivity (Wildman–Crippen MR) is 72.7 cm³/mol. The molecule has 1 N–H and O–H groups in total. The number of nitrogens with zero attached hydrogens (tertiary/aromatic N) is 1. The number of carboxylic acids is 1. The lowest BCUT2D eigenvalue weighted by atomic mass is 10.2. The highest BCUT2D eigenvalue weighted by molar-refractivity contribution is 7.89. The van der Waals surface area contributed by atoms with Crippen LogP contribution in [0.2, 0.25) is 0 Å². The number of carboxylic acid groups (broad SMARTS) is 1. The SMILES string of the molecule is CCCC(C)N(C)S(=O)(=O)c1cc(C(=O)O)ccc1F. The van der Waals surface area contributed by atoms with Crippen LogP contribution in [0, 0.1) is 5.82 Å². The minimum Gasteiger partial charge on any atom is -0.478 e. The van der Waals surface area contributed by atoms with Gasteiger partial charge >= 0.3 is 5.97 Å². The van der Waals surface area contributed by atoms with E-state index in [4.69, 9.17) is 5.11 Å². The summed E-state index contributed by atoms with van der Waals surface area (Å²) in [5, 5.41) is 8.87. The van der Waals surface area contributed by atoms with Crippen LogP contribution in [0.4, 0.5) is 4.39 Å². The van der Waals surface area contributed by atoms with Crippen LogP contribution in [0.1, 0.15) is 37.0 Å². The van der Waals surface area contributed by atoms with Gasteiger partial charge in [0.2, 0.25) is 10.0 Å². The van der Waals surface area contributed by atoms with Crippen molar-refractivity contribution in [3.05, 3.63) is 29.6 Å². The van der Waals surface area contributed by atoms with E-state index < -0.39 is 26.7 Å². The number of hydrogen-bond acceptors (Lipinski definition) is 3. The van der Waals surface area contributed by atoms with Crippen molar-refractivity contribution in [1.82, 2.24) is 4.31 Å². The van der Waals surface area contributed by atoms with E-state index in [1.165, 1.54) is 7.05 Å². The van der Waals surface area contributed by atoms with Crippen molar-refractivity contribution in [2.75, 3.05) is 7.05 Å². The summed E-state index contributed by atoms with van der Waals surface area (Å²) in [6.07, 6.45) is 1.43. The summed E-state index contributed by atoms with van der Waals surface area (Å²) in [5.74, 6) is -2.25. The van der Waals surface area contributed by atoms with Gasteiger partial charge in [0.05, 0.1) is 5.56 Å². The number of benzene rings is 1. The lowest BCUT2D eigenvalue weighted by Gasteiger charge is -2.24. The van der Waals surface area contributed by atoms with Crippen molar-refractivity contribution in [2.45, 2.75) is 37.6 Å². The Hall–Kier alpha value is -1.47. The zero-order valence-corrected chi connectivity index (χ0v) is 12.4. The van der Waals surface area contributed by atoms with E-state index in [1.807, 2.05) is 6.92 Å². The second kappa shape index (κ2) is 6.32. The van der Waals surface area contributed by atoms with Crippen LogP contribution < -0.4 is 0 Å². The van der Waals surface area contributed by atoms with E-state index >= 15 is 0 Å². The van der Waals surface area contributed by atoms with Gasteiger partial charge in [-0.3, -0.25) is 0 Å². The summed E-state index contributed by atoms with van der Waals surface area (Å²) >= 11 is 0. The van der Waals surface area contributed by atoms with E-state index in [-0.39, 0.29) is 11.6 Å². The molecule has 0 aromatic heterocycles. The minimum absolute atomic E-state index is 0.262. The maximum absolute atomic E-state index is 13.7. The molecular weight excluding hydrogens is 285 g/mol. The monoisotopic (exact) mass is 303 g/mol. The fourth-order valence-electron chi connectivity index (χ4n) is 1.83. The number of carbonyl (C=O) groups is 1. The van der Waals surface area contributed by atoms with E-state index in [0.717, 1.165) is 28.9 Å². The van der Waals surface area contributed by atoms with E-state index in [0.29, 0.717) is 6.42 Å². The topological polar surface area (TPSA) is 74.7 Å². The Kier molecular flexibility index (Phi) is 5.24. The normalized spacial score (nSPS) is 13.4. The average Bonchev–Trinajstić information content (AvgIpc) is 2.37. The zero-order chi connectivity index (χ0) is 15.5. The van der Waals surface area contributed by atoms with Crippen molar-refractivity contribution in [3.8, 4) is 0 Å². The molecule has 0 heterocycles. The summed E-state index contributed by atoms with van der Waals surface area (Å²) < 4.78 is 39.5. The third-order valence-electron chi connectivity index (χ3n) is 3.16. The summed E-state index contributed by atoms with van der Waals surface area (Å²) in [4.78, 5) is 10.3. The summed E-state index contributed by atoms with van der Waals surface area (Å²) in [6, 6.07) is 2.45. The van der Waals surface area contributed by atoms with Gasteiger partial charge in [-0.25, -0.2) is 17.6 Å². The van der Waals surface area contributed by atoms with Crippen LogP contribution in [0.25, 0.3) is 0 Å².